The van der Waals surface area contributed by atoms with Crippen molar-refractivity contribution in [1.82, 2.24) is 9.78 Å². The zero-order valence-corrected chi connectivity index (χ0v) is 13.2. The van der Waals surface area contributed by atoms with Gasteiger partial charge in [-0.3, -0.25) is 9.48 Å². The van der Waals surface area contributed by atoms with Gasteiger partial charge in [0, 0.05) is 15.4 Å². The van der Waals surface area contributed by atoms with Crippen LogP contribution in [-0.2, 0) is 6.54 Å². The summed E-state index contributed by atoms with van der Waals surface area (Å²) in [5.74, 6) is -1.04. The molecule has 0 aliphatic carbocycles. The number of carboxylic acid groups (broad SMARTS) is 1. The number of carbonyl (C=O) groups excluding carboxylic acids is 1. The van der Waals surface area contributed by atoms with Gasteiger partial charge in [-0.1, -0.05) is 29.3 Å². The fourth-order valence-electron chi connectivity index (χ4n) is 2.35. The van der Waals surface area contributed by atoms with Crippen LogP contribution in [0, 0.1) is 0 Å². The number of hydrogen-bond donors (Lipinski definition) is 1. The highest BCUT2D eigenvalue weighted by Crippen LogP contribution is 2.25. The normalized spacial score (nSPS) is 10.9. The van der Waals surface area contributed by atoms with Crippen molar-refractivity contribution in [2.75, 3.05) is 0 Å². The first-order valence-electron chi connectivity index (χ1n) is 6.62. The third kappa shape index (κ3) is 2.93. The fraction of sp³-hybridized carbons (Fsp3) is 0.0625. The molecule has 1 heterocycles. The van der Waals surface area contributed by atoms with E-state index in [2.05, 4.69) is 5.10 Å². The first-order chi connectivity index (χ1) is 11.0. The van der Waals surface area contributed by atoms with Crippen LogP contribution in [0.3, 0.4) is 0 Å². The summed E-state index contributed by atoms with van der Waals surface area (Å²) in [4.78, 5) is 22.3. The predicted molar refractivity (Wildman–Crippen MR) is 87.6 cm³/mol. The van der Waals surface area contributed by atoms with Crippen LogP contribution >= 0.6 is 23.2 Å². The van der Waals surface area contributed by atoms with E-state index in [0.29, 0.717) is 33.8 Å². The molecule has 7 heteroatoms. The molecule has 0 bridgehead atoms. The number of benzene rings is 2. The number of aromatic carboxylic acids is 1. The largest absolute Gasteiger partial charge is 0.478 e. The highest BCUT2D eigenvalue weighted by Gasteiger charge is 2.14. The van der Waals surface area contributed by atoms with E-state index in [4.69, 9.17) is 28.3 Å². The van der Waals surface area contributed by atoms with E-state index in [0.717, 1.165) is 5.56 Å². The van der Waals surface area contributed by atoms with Gasteiger partial charge in [0.25, 0.3) is 0 Å². The number of rotatable bonds is 4. The highest BCUT2D eigenvalue weighted by atomic mass is 35.5. The number of aromatic nitrogens is 2. The standard InChI is InChI=1S/C16H10Cl2N2O3/c17-11-3-1-10(13(18)6-11)7-20-15-5-9(16(22)23)2-4-12(15)14(8-21)19-20/h1-6,8H,7H2,(H,22,23). The molecule has 0 spiro atoms. The summed E-state index contributed by atoms with van der Waals surface area (Å²) in [6.07, 6.45) is 0.642. The molecular formula is C16H10Cl2N2O3. The minimum Gasteiger partial charge on any atom is -0.478 e. The lowest BCUT2D eigenvalue weighted by molar-refractivity contribution is 0.0697. The van der Waals surface area contributed by atoms with E-state index in [1.165, 1.54) is 12.1 Å². The van der Waals surface area contributed by atoms with Crippen molar-refractivity contribution in [3.8, 4) is 0 Å². The van der Waals surface area contributed by atoms with E-state index in [1.54, 1.807) is 28.9 Å². The Labute approximate surface area is 141 Å². The van der Waals surface area contributed by atoms with E-state index in [9.17, 15) is 9.59 Å². The second-order valence-corrected chi connectivity index (χ2v) is 5.78. The van der Waals surface area contributed by atoms with Gasteiger partial charge in [-0.15, -0.1) is 0 Å². The van der Waals surface area contributed by atoms with E-state index >= 15 is 0 Å². The second kappa shape index (κ2) is 6.02. The number of aldehydes is 1. The van der Waals surface area contributed by atoms with Gasteiger partial charge in [-0.2, -0.15) is 5.10 Å². The molecule has 3 rings (SSSR count). The molecule has 0 aliphatic rings. The maximum atomic E-state index is 11.2. The van der Waals surface area contributed by atoms with Crippen LogP contribution in [0.2, 0.25) is 10.0 Å². The van der Waals surface area contributed by atoms with Gasteiger partial charge in [0.1, 0.15) is 5.69 Å². The monoisotopic (exact) mass is 348 g/mol. The molecule has 0 saturated carbocycles. The molecule has 23 heavy (non-hydrogen) atoms. The molecule has 3 aromatic rings. The summed E-state index contributed by atoms with van der Waals surface area (Å²) in [7, 11) is 0. The topological polar surface area (TPSA) is 72.2 Å². The minimum atomic E-state index is -1.04. The number of nitrogens with zero attached hydrogens (tertiary/aromatic N) is 2. The summed E-state index contributed by atoms with van der Waals surface area (Å²) in [5.41, 5.74) is 1.69. The van der Waals surface area contributed by atoms with Crippen molar-refractivity contribution >= 4 is 46.4 Å². The number of halogens is 2. The van der Waals surface area contributed by atoms with Crippen LogP contribution in [0.25, 0.3) is 10.9 Å². The fourth-order valence-corrected chi connectivity index (χ4v) is 2.82. The van der Waals surface area contributed by atoms with E-state index in [1.807, 2.05) is 0 Å². The van der Waals surface area contributed by atoms with Crippen molar-refractivity contribution in [1.29, 1.82) is 0 Å². The Morgan fingerprint density at radius 3 is 2.65 bits per heavy atom. The third-order valence-electron chi connectivity index (χ3n) is 3.47. The quantitative estimate of drug-likeness (QED) is 0.725. The molecule has 0 aliphatic heterocycles. The SMILES string of the molecule is O=Cc1nn(Cc2ccc(Cl)cc2Cl)c2cc(C(=O)O)ccc12. The lowest BCUT2D eigenvalue weighted by Crippen LogP contribution is -2.04. The molecule has 5 nitrogen and oxygen atoms in total. The van der Waals surface area contributed by atoms with Gasteiger partial charge in [-0.05, 0) is 35.9 Å². The van der Waals surface area contributed by atoms with Crippen LogP contribution in [0.1, 0.15) is 26.4 Å². The lowest BCUT2D eigenvalue weighted by atomic mass is 10.1. The molecular weight excluding hydrogens is 339 g/mol. The van der Waals surface area contributed by atoms with Gasteiger partial charge in [0.15, 0.2) is 6.29 Å². The molecule has 0 atom stereocenters. The average molecular weight is 349 g/mol. The maximum Gasteiger partial charge on any atom is 0.335 e. The molecule has 0 amide bonds. The molecule has 0 radical (unpaired) electrons. The summed E-state index contributed by atoms with van der Waals surface area (Å²) < 4.78 is 1.56. The molecule has 0 saturated heterocycles. The van der Waals surface area contributed by atoms with E-state index in [-0.39, 0.29) is 11.3 Å². The van der Waals surface area contributed by atoms with Gasteiger partial charge in [0.2, 0.25) is 0 Å². The Balaban J connectivity index is 2.13. The Bertz CT molecular complexity index is 934. The first-order valence-corrected chi connectivity index (χ1v) is 7.38. The number of carboxylic acids is 1. The highest BCUT2D eigenvalue weighted by molar-refractivity contribution is 6.35. The molecule has 2 aromatic carbocycles. The number of hydrogen-bond acceptors (Lipinski definition) is 3. The maximum absolute atomic E-state index is 11.2. The molecule has 0 fully saturated rings. The summed E-state index contributed by atoms with van der Waals surface area (Å²) in [6, 6.07) is 9.60. The summed E-state index contributed by atoms with van der Waals surface area (Å²) in [5, 5.41) is 14.9. The van der Waals surface area contributed by atoms with Crippen molar-refractivity contribution < 1.29 is 14.7 Å². The first kappa shape index (κ1) is 15.5. The van der Waals surface area contributed by atoms with Gasteiger partial charge < -0.3 is 5.11 Å². The van der Waals surface area contributed by atoms with Crippen molar-refractivity contribution in [3.63, 3.8) is 0 Å². The minimum absolute atomic E-state index is 0.123. The Morgan fingerprint density at radius 1 is 1.22 bits per heavy atom. The smallest absolute Gasteiger partial charge is 0.335 e. The van der Waals surface area contributed by atoms with Gasteiger partial charge >= 0.3 is 5.97 Å². The average Bonchev–Trinajstić information content (AvgIpc) is 2.87. The van der Waals surface area contributed by atoms with Gasteiger partial charge in [-0.25, -0.2) is 4.79 Å². The Morgan fingerprint density at radius 2 is 2.00 bits per heavy atom. The van der Waals surface area contributed by atoms with Gasteiger partial charge in [0.05, 0.1) is 17.6 Å². The Kier molecular flexibility index (Phi) is 4.07. The number of carbonyl (C=O) groups is 2. The molecule has 1 N–H and O–H groups in total. The molecule has 116 valence electrons. The third-order valence-corrected chi connectivity index (χ3v) is 4.06. The van der Waals surface area contributed by atoms with Crippen molar-refractivity contribution in [3.05, 3.63) is 63.3 Å². The van der Waals surface area contributed by atoms with Crippen molar-refractivity contribution in [2.24, 2.45) is 0 Å². The van der Waals surface area contributed by atoms with Crippen LogP contribution < -0.4 is 0 Å². The molecule has 1 aromatic heterocycles. The van der Waals surface area contributed by atoms with Crippen molar-refractivity contribution in [2.45, 2.75) is 6.54 Å². The van der Waals surface area contributed by atoms with Crippen LogP contribution in [0.4, 0.5) is 0 Å². The zero-order chi connectivity index (χ0) is 16.6. The lowest BCUT2D eigenvalue weighted by Gasteiger charge is -2.07. The predicted octanol–water partition coefficient (Wildman–Crippen LogP) is 3.90. The summed E-state index contributed by atoms with van der Waals surface area (Å²) in [6.45, 7) is 0.295. The van der Waals surface area contributed by atoms with Crippen LogP contribution in [-0.4, -0.2) is 27.1 Å². The Hall–Kier alpha value is -2.37. The second-order valence-electron chi connectivity index (χ2n) is 4.93. The molecule has 0 unspecified atom stereocenters. The zero-order valence-electron chi connectivity index (χ0n) is 11.7. The van der Waals surface area contributed by atoms with Crippen LogP contribution in [0.15, 0.2) is 36.4 Å². The number of fused-ring (bicyclic) bond motifs is 1. The summed E-state index contributed by atoms with van der Waals surface area (Å²) >= 11 is 12.0. The van der Waals surface area contributed by atoms with E-state index < -0.39 is 5.97 Å². The van der Waals surface area contributed by atoms with Crippen LogP contribution in [0.5, 0.6) is 0 Å².